The lowest BCUT2D eigenvalue weighted by Crippen LogP contribution is -2.49. The van der Waals surface area contributed by atoms with Crippen molar-refractivity contribution in [3.05, 3.63) is 30.1 Å². The number of nitrogens with zero attached hydrogens (tertiary/aromatic N) is 3. The fourth-order valence-electron chi connectivity index (χ4n) is 2.40. The molecule has 0 N–H and O–H groups in total. The molecule has 1 aromatic rings. The minimum absolute atomic E-state index is 0.284. The number of pyridine rings is 1. The zero-order valence-electron chi connectivity index (χ0n) is 12.1. The fourth-order valence-corrected chi connectivity index (χ4v) is 2.84. The van der Waals surface area contributed by atoms with Gasteiger partial charge in [-0.15, -0.1) is 0 Å². The number of carbonyl (C=O) groups is 1. The van der Waals surface area contributed by atoms with Gasteiger partial charge in [-0.1, -0.05) is 0 Å². The molecular weight excluding hydrogens is 270 g/mol. The molecule has 5 heteroatoms. The van der Waals surface area contributed by atoms with Gasteiger partial charge in [0.2, 0.25) is 5.91 Å². The Balaban J connectivity index is 1.69. The maximum atomic E-state index is 12.2. The Morgan fingerprint density at radius 3 is 2.60 bits per heavy atom. The van der Waals surface area contributed by atoms with Gasteiger partial charge in [0, 0.05) is 57.3 Å². The van der Waals surface area contributed by atoms with Gasteiger partial charge >= 0.3 is 0 Å². The van der Waals surface area contributed by atoms with Crippen LogP contribution in [0.5, 0.6) is 0 Å². The smallest absolute Gasteiger partial charge is 0.222 e. The molecule has 4 nitrogen and oxygen atoms in total. The third-order valence-electron chi connectivity index (χ3n) is 3.71. The van der Waals surface area contributed by atoms with Gasteiger partial charge in [-0.3, -0.25) is 14.7 Å². The van der Waals surface area contributed by atoms with Crippen molar-refractivity contribution in [2.45, 2.75) is 12.8 Å². The minimum Gasteiger partial charge on any atom is -0.340 e. The van der Waals surface area contributed by atoms with E-state index in [0.29, 0.717) is 6.42 Å². The molecule has 0 bridgehead atoms. The molecule has 2 heterocycles. The number of thioether (sulfide) groups is 1. The van der Waals surface area contributed by atoms with Crippen molar-refractivity contribution >= 4 is 17.7 Å². The second kappa shape index (κ2) is 8.27. The molecule has 1 aliphatic heterocycles. The number of carbonyl (C=O) groups excluding carboxylic acids is 1. The molecule has 0 saturated carbocycles. The number of aryl methyl sites for hydroxylation is 1. The molecule has 0 aliphatic carbocycles. The number of piperazine rings is 1. The van der Waals surface area contributed by atoms with Crippen molar-refractivity contribution in [1.29, 1.82) is 0 Å². The molecule has 0 atom stereocenters. The monoisotopic (exact) mass is 293 g/mol. The Bertz CT molecular complexity index is 405. The lowest BCUT2D eigenvalue weighted by molar-refractivity contribution is -0.132. The molecule has 20 heavy (non-hydrogen) atoms. The summed E-state index contributed by atoms with van der Waals surface area (Å²) >= 11 is 1.88. The van der Waals surface area contributed by atoms with Crippen molar-refractivity contribution in [2.75, 3.05) is 44.7 Å². The van der Waals surface area contributed by atoms with E-state index in [9.17, 15) is 4.79 Å². The quantitative estimate of drug-likeness (QED) is 0.797. The van der Waals surface area contributed by atoms with Gasteiger partial charge in [-0.05, 0) is 30.4 Å². The van der Waals surface area contributed by atoms with E-state index in [1.165, 1.54) is 11.3 Å². The van der Waals surface area contributed by atoms with Crippen LogP contribution in [0.4, 0.5) is 0 Å². The molecule has 1 aliphatic rings. The summed E-state index contributed by atoms with van der Waals surface area (Å²) in [5.41, 5.74) is 1.19. The average Bonchev–Trinajstić information content (AvgIpc) is 2.52. The number of aromatic nitrogens is 1. The second-order valence-corrected chi connectivity index (χ2v) is 6.06. The summed E-state index contributed by atoms with van der Waals surface area (Å²) in [6, 6.07) is 3.96. The van der Waals surface area contributed by atoms with Crippen molar-refractivity contribution in [1.82, 2.24) is 14.8 Å². The molecule has 0 aromatic carbocycles. The van der Waals surface area contributed by atoms with Crippen LogP contribution in [0.2, 0.25) is 0 Å². The number of hydrogen-bond acceptors (Lipinski definition) is 4. The van der Waals surface area contributed by atoms with Crippen LogP contribution in [0.3, 0.4) is 0 Å². The first kappa shape index (κ1) is 15.3. The average molecular weight is 293 g/mol. The van der Waals surface area contributed by atoms with E-state index in [2.05, 4.69) is 16.1 Å². The lowest BCUT2D eigenvalue weighted by Gasteiger charge is -2.34. The molecule has 1 fully saturated rings. The predicted octanol–water partition coefficient (Wildman–Crippen LogP) is 1.52. The van der Waals surface area contributed by atoms with E-state index in [4.69, 9.17) is 0 Å². The van der Waals surface area contributed by atoms with E-state index >= 15 is 0 Å². The topological polar surface area (TPSA) is 36.4 Å². The third-order valence-corrected chi connectivity index (χ3v) is 4.30. The van der Waals surface area contributed by atoms with Crippen molar-refractivity contribution in [3.63, 3.8) is 0 Å². The summed E-state index contributed by atoms with van der Waals surface area (Å²) in [4.78, 5) is 20.6. The molecule has 2 rings (SSSR count). The van der Waals surface area contributed by atoms with E-state index in [1.54, 1.807) is 12.4 Å². The van der Waals surface area contributed by atoms with Crippen LogP contribution in [0.1, 0.15) is 12.0 Å². The van der Waals surface area contributed by atoms with Crippen LogP contribution < -0.4 is 0 Å². The summed E-state index contributed by atoms with van der Waals surface area (Å²) in [5, 5.41) is 0. The van der Waals surface area contributed by atoms with E-state index < -0.39 is 0 Å². The van der Waals surface area contributed by atoms with Crippen LogP contribution in [0, 0.1) is 0 Å². The van der Waals surface area contributed by atoms with Gasteiger partial charge in [-0.25, -0.2) is 0 Å². The van der Waals surface area contributed by atoms with E-state index in [1.807, 2.05) is 28.8 Å². The first-order valence-electron chi connectivity index (χ1n) is 7.17. The largest absolute Gasteiger partial charge is 0.340 e. The molecule has 110 valence electrons. The molecule has 1 saturated heterocycles. The van der Waals surface area contributed by atoms with Crippen molar-refractivity contribution in [2.24, 2.45) is 0 Å². The van der Waals surface area contributed by atoms with Gasteiger partial charge in [0.15, 0.2) is 0 Å². The van der Waals surface area contributed by atoms with E-state index in [-0.39, 0.29) is 5.91 Å². The Hall–Kier alpha value is -1.07. The third kappa shape index (κ3) is 4.80. The second-order valence-electron chi connectivity index (χ2n) is 5.07. The Labute approximate surface area is 125 Å². The SMILES string of the molecule is CSCCN1CCN(C(=O)CCc2ccncc2)CC1. The summed E-state index contributed by atoms with van der Waals surface area (Å²) < 4.78 is 0. The fraction of sp³-hybridized carbons (Fsp3) is 0.600. The Morgan fingerprint density at radius 1 is 1.25 bits per heavy atom. The maximum Gasteiger partial charge on any atom is 0.222 e. The van der Waals surface area contributed by atoms with Crippen LogP contribution >= 0.6 is 11.8 Å². The molecule has 1 aromatic heterocycles. The van der Waals surface area contributed by atoms with E-state index in [0.717, 1.165) is 39.1 Å². The van der Waals surface area contributed by atoms with Crippen molar-refractivity contribution < 1.29 is 4.79 Å². The lowest BCUT2D eigenvalue weighted by atomic mass is 10.1. The van der Waals surface area contributed by atoms with Gasteiger partial charge in [-0.2, -0.15) is 11.8 Å². The summed E-state index contributed by atoms with van der Waals surface area (Å²) in [5.74, 6) is 1.46. The maximum absolute atomic E-state index is 12.2. The number of amides is 1. The van der Waals surface area contributed by atoms with Crippen molar-refractivity contribution in [3.8, 4) is 0 Å². The molecule has 0 unspecified atom stereocenters. The van der Waals surface area contributed by atoms with Gasteiger partial charge in [0.25, 0.3) is 0 Å². The summed E-state index contributed by atoms with van der Waals surface area (Å²) in [6.07, 6.45) is 7.12. The van der Waals surface area contributed by atoms with Crippen LogP contribution in [0.15, 0.2) is 24.5 Å². The normalized spacial score (nSPS) is 16.4. The zero-order valence-corrected chi connectivity index (χ0v) is 12.9. The Morgan fingerprint density at radius 2 is 1.95 bits per heavy atom. The van der Waals surface area contributed by atoms with Gasteiger partial charge in [0.1, 0.15) is 0 Å². The van der Waals surface area contributed by atoms with Crippen LogP contribution in [0.25, 0.3) is 0 Å². The standard InChI is InChI=1S/C15H23N3OS/c1-20-13-12-17-8-10-18(11-9-17)15(19)3-2-14-4-6-16-7-5-14/h4-7H,2-3,8-13H2,1H3. The summed E-state index contributed by atoms with van der Waals surface area (Å²) in [7, 11) is 0. The molecule has 0 radical (unpaired) electrons. The molecule has 0 spiro atoms. The highest BCUT2D eigenvalue weighted by Crippen LogP contribution is 2.08. The first-order valence-corrected chi connectivity index (χ1v) is 8.57. The molecular formula is C15H23N3OS. The van der Waals surface area contributed by atoms with Crippen LogP contribution in [-0.2, 0) is 11.2 Å². The van der Waals surface area contributed by atoms with Crippen LogP contribution in [-0.4, -0.2) is 65.4 Å². The number of rotatable bonds is 6. The zero-order chi connectivity index (χ0) is 14.2. The predicted molar refractivity (Wildman–Crippen MR) is 84.0 cm³/mol. The highest BCUT2D eigenvalue weighted by Gasteiger charge is 2.20. The van der Waals surface area contributed by atoms with Gasteiger partial charge < -0.3 is 4.90 Å². The molecule has 1 amide bonds. The first-order chi connectivity index (χ1) is 9.79. The highest BCUT2D eigenvalue weighted by atomic mass is 32.2. The summed E-state index contributed by atoms with van der Waals surface area (Å²) in [6.45, 7) is 4.93. The Kier molecular flexibility index (Phi) is 6.33. The number of hydrogen-bond donors (Lipinski definition) is 0. The highest BCUT2D eigenvalue weighted by molar-refractivity contribution is 7.98. The minimum atomic E-state index is 0.284. The van der Waals surface area contributed by atoms with Gasteiger partial charge in [0.05, 0.1) is 0 Å².